The molecule has 0 heterocycles. The normalized spacial score (nSPS) is 13.5. The molecule has 0 bridgehead atoms. The molecule has 216 valence electrons. The number of nitrogens with one attached hydrogen (secondary N) is 1. The summed E-state index contributed by atoms with van der Waals surface area (Å²) in [5.41, 5.74) is 3.87. The average molecular weight is 563 g/mol. The molecule has 1 saturated carbocycles. The molecule has 1 atom stereocenters. The lowest BCUT2D eigenvalue weighted by Gasteiger charge is -2.33. The molecule has 0 spiro atoms. The van der Waals surface area contributed by atoms with Crippen molar-refractivity contribution in [3.63, 3.8) is 0 Å². The molecule has 0 saturated heterocycles. The first-order chi connectivity index (χ1) is 20.6. The molecule has 0 aromatic heterocycles. The summed E-state index contributed by atoms with van der Waals surface area (Å²) in [5.74, 6) is 1.05. The first kappa shape index (κ1) is 28.9. The van der Waals surface area contributed by atoms with E-state index in [0.29, 0.717) is 29.8 Å². The molecule has 1 unspecified atom stereocenters. The zero-order chi connectivity index (χ0) is 29.1. The van der Waals surface area contributed by atoms with Gasteiger partial charge in [0.15, 0.2) is 5.78 Å². The van der Waals surface area contributed by atoms with Gasteiger partial charge in [0, 0.05) is 35.5 Å². The number of anilines is 2. The summed E-state index contributed by atoms with van der Waals surface area (Å²) in [4.78, 5) is 28.4. The number of methoxy groups -OCH3 is 1. The van der Waals surface area contributed by atoms with Gasteiger partial charge in [0.2, 0.25) is 0 Å². The van der Waals surface area contributed by atoms with Crippen molar-refractivity contribution in [1.29, 1.82) is 0 Å². The number of benzene rings is 4. The molecule has 1 fully saturated rings. The number of para-hydroxylation sites is 2. The van der Waals surface area contributed by atoms with E-state index in [1.165, 1.54) is 32.1 Å². The molecule has 5 rings (SSSR count). The van der Waals surface area contributed by atoms with Gasteiger partial charge in [-0.15, -0.1) is 0 Å². The van der Waals surface area contributed by atoms with E-state index < -0.39 is 12.0 Å². The number of rotatable bonds is 14. The molecule has 0 radical (unpaired) electrons. The molecule has 4 aromatic rings. The maximum atomic E-state index is 13.2. The van der Waals surface area contributed by atoms with Gasteiger partial charge < -0.3 is 19.7 Å². The fraction of sp³-hybridized carbons (Fsp3) is 0.278. The van der Waals surface area contributed by atoms with Gasteiger partial charge in [-0.2, -0.15) is 0 Å². The largest absolute Gasteiger partial charge is 0.492 e. The molecule has 6 heteroatoms. The zero-order valence-electron chi connectivity index (χ0n) is 24.1. The molecular formula is C36H38N2O4. The molecular weight excluding hydrogens is 524 g/mol. The fourth-order valence-corrected chi connectivity index (χ4v) is 5.26. The maximum Gasteiger partial charge on any atom is 0.328 e. The summed E-state index contributed by atoms with van der Waals surface area (Å²) in [6.45, 7) is 2.46. The van der Waals surface area contributed by atoms with Crippen LogP contribution in [0.3, 0.4) is 0 Å². The van der Waals surface area contributed by atoms with E-state index >= 15 is 0 Å². The number of hydrogen-bond acceptors (Lipinski definition) is 6. The molecule has 0 amide bonds. The summed E-state index contributed by atoms with van der Waals surface area (Å²) in [5, 5.41) is 3.27. The van der Waals surface area contributed by atoms with Crippen molar-refractivity contribution >= 4 is 23.1 Å². The number of carbonyl (C=O) groups excluding carboxylic acids is 2. The third kappa shape index (κ3) is 7.58. The summed E-state index contributed by atoms with van der Waals surface area (Å²) < 4.78 is 11.2. The number of hydrogen-bond donors (Lipinski definition) is 1. The Morgan fingerprint density at radius 2 is 1.52 bits per heavy atom. The van der Waals surface area contributed by atoms with Gasteiger partial charge in [-0.05, 0) is 60.7 Å². The summed E-state index contributed by atoms with van der Waals surface area (Å²) in [7, 11) is 1.37. The third-order valence-corrected chi connectivity index (χ3v) is 7.84. The van der Waals surface area contributed by atoms with E-state index in [0.717, 1.165) is 30.3 Å². The van der Waals surface area contributed by atoms with Crippen molar-refractivity contribution in [2.45, 2.75) is 31.7 Å². The molecule has 6 nitrogen and oxygen atoms in total. The quantitative estimate of drug-likeness (QED) is 0.135. The van der Waals surface area contributed by atoms with Crippen LogP contribution in [-0.2, 0) is 16.0 Å². The van der Waals surface area contributed by atoms with Crippen LogP contribution in [0.2, 0.25) is 0 Å². The number of ketones is 1. The highest BCUT2D eigenvalue weighted by Crippen LogP contribution is 2.29. The second-order valence-corrected chi connectivity index (χ2v) is 10.7. The van der Waals surface area contributed by atoms with E-state index in [9.17, 15) is 9.59 Å². The van der Waals surface area contributed by atoms with Gasteiger partial charge in [0.05, 0.1) is 13.7 Å². The van der Waals surface area contributed by atoms with Gasteiger partial charge in [0.1, 0.15) is 18.4 Å². The average Bonchev–Trinajstić information content (AvgIpc) is 3.02. The summed E-state index contributed by atoms with van der Waals surface area (Å²) >= 11 is 0. The van der Waals surface area contributed by atoms with Gasteiger partial charge in [0.25, 0.3) is 0 Å². The number of ether oxygens (including phenoxy) is 2. The van der Waals surface area contributed by atoms with Crippen LogP contribution in [0.15, 0.2) is 109 Å². The Bertz CT molecular complexity index is 1440. The van der Waals surface area contributed by atoms with E-state index in [4.69, 9.17) is 9.47 Å². The number of nitrogens with zero attached hydrogens (tertiary/aromatic N) is 1. The minimum absolute atomic E-state index is 0.109. The predicted molar refractivity (Wildman–Crippen MR) is 167 cm³/mol. The minimum atomic E-state index is -0.669. The molecule has 1 aliphatic rings. The topological polar surface area (TPSA) is 67.9 Å². The van der Waals surface area contributed by atoms with Crippen LogP contribution in [0, 0.1) is 5.92 Å². The van der Waals surface area contributed by atoms with Crippen molar-refractivity contribution < 1.29 is 19.1 Å². The van der Waals surface area contributed by atoms with Crippen LogP contribution in [0.5, 0.6) is 5.75 Å². The second kappa shape index (κ2) is 14.4. The lowest BCUT2D eigenvalue weighted by molar-refractivity contribution is -0.141. The standard InChI is InChI=1S/C36H38N2O4/c1-41-36(40)34(37-33-18-9-8-17-32(33)35(39)29-13-4-2-5-14-29)25-27-19-21-31(22-20-27)42-24-23-38(26-28-11-10-12-28)30-15-6-3-7-16-30/h2-9,13-22,28,34,37H,10-12,23-26H2,1H3. The highest BCUT2D eigenvalue weighted by molar-refractivity contribution is 6.12. The number of carbonyl (C=O) groups is 2. The molecule has 1 aliphatic carbocycles. The van der Waals surface area contributed by atoms with Gasteiger partial charge >= 0.3 is 5.97 Å². The minimum Gasteiger partial charge on any atom is -0.492 e. The monoisotopic (exact) mass is 562 g/mol. The van der Waals surface area contributed by atoms with Crippen molar-refractivity contribution in [2.75, 3.05) is 37.0 Å². The summed E-state index contributed by atoms with van der Waals surface area (Å²) in [6.07, 6.45) is 4.34. The van der Waals surface area contributed by atoms with Gasteiger partial charge in [-0.1, -0.05) is 79.2 Å². The highest BCUT2D eigenvalue weighted by atomic mass is 16.5. The maximum absolute atomic E-state index is 13.2. The Kier molecular flexibility index (Phi) is 9.89. The predicted octanol–water partition coefficient (Wildman–Crippen LogP) is 6.80. The van der Waals surface area contributed by atoms with E-state index in [1.807, 2.05) is 66.7 Å². The smallest absolute Gasteiger partial charge is 0.328 e. The molecule has 1 N–H and O–H groups in total. The van der Waals surface area contributed by atoms with Gasteiger partial charge in [-0.3, -0.25) is 4.79 Å². The Labute approximate surface area is 248 Å². The first-order valence-corrected chi connectivity index (χ1v) is 14.7. The molecule has 4 aromatic carbocycles. The van der Waals surface area contributed by atoms with E-state index in [-0.39, 0.29) is 5.78 Å². The van der Waals surface area contributed by atoms with Crippen LogP contribution < -0.4 is 15.0 Å². The van der Waals surface area contributed by atoms with Crippen LogP contribution in [0.1, 0.15) is 40.7 Å². The van der Waals surface area contributed by atoms with Gasteiger partial charge in [-0.25, -0.2) is 4.79 Å². The van der Waals surface area contributed by atoms with Crippen molar-refractivity contribution in [2.24, 2.45) is 5.92 Å². The van der Waals surface area contributed by atoms with E-state index in [2.05, 4.69) is 34.5 Å². The SMILES string of the molecule is COC(=O)C(Cc1ccc(OCCN(CC2CCC2)c2ccccc2)cc1)Nc1ccccc1C(=O)c1ccccc1. The van der Waals surface area contributed by atoms with Crippen LogP contribution in [0.4, 0.5) is 11.4 Å². The van der Waals surface area contributed by atoms with Crippen molar-refractivity contribution in [3.8, 4) is 5.75 Å². The Hall–Kier alpha value is -4.58. The second-order valence-electron chi connectivity index (χ2n) is 10.7. The molecule has 42 heavy (non-hydrogen) atoms. The lowest BCUT2D eigenvalue weighted by atomic mass is 9.85. The zero-order valence-corrected chi connectivity index (χ0v) is 24.1. The molecule has 0 aliphatic heterocycles. The van der Waals surface area contributed by atoms with Crippen LogP contribution in [-0.4, -0.2) is 44.6 Å². The lowest BCUT2D eigenvalue weighted by Crippen LogP contribution is -2.35. The Balaban J connectivity index is 1.21. The van der Waals surface area contributed by atoms with Crippen LogP contribution >= 0.6 is 0 Å². The Morgan fingerprint density at radius 3 is 2.19 bits per heavy atom. The third-order valence-electron chi connectivity index (χ3n) is 7.84. The highest BCUT2D eigenvalue weighted by Gasteiger charge is 2.23. The first-order valence-electron chi connectivity index (χ1n) is 14.7. The fourth-order valence-electron chi connectivity index (χ4n) is 5.26. The Morgan fingerprint density at radius 1 is 0.857 bits per heavy atom. The number of esters is 1. The van der Waals surface area contributed by atoms with E-state index in [1.54, 1.807) is 18.2 Å². The van der Waals surface area contributed by atoms with Crippen molar-refractivity contribution in [3.05, 3.63) is 126 Å². The summed E-state index contributed by atoms with van der Waals surface area (Å²) in [6, 6.07) is 34.0. The van der Waals surface area contributed by atoms with Crippen LogP contribution in [0.25, 0.3) is 0 Å². The van der Waals surface area contributed by atoms with Crippen molar-refractivity contribution in [1.82, 2.24) is 0 Å².